The lowest BCUT2D eigenvalue weighted by molar-refractivity contribution is -0.145. The van der Waals surface area contributed by atoms with Crippen molar-refractivity contribution in [3.05, 3.63) is 0 Å². The van der Waals surface area contributed by atoms with Gasteiger partial charge in [0.25, 0.3) is 0 Å². The van der Waals surface area contributed by atoms with Crippen molar-refractivity contribution in [2.75, 3.05) is 20.3 Å². The highest BCUT2D eigenvalue weighted by Crippen LogP contribution is 2.42. The molecule has 0 spiro atoms. The number of carbonyl (C=O) groups is 1. The average molecular weight is 542 g/mol. The summed E-state index contributed by atoms with van der Waals surface area (Å²) in [7, 11) is -2.50. The Kier molecular flexibility index (Phi) is 9.00. The number of piperidine rings is 1. The third-order valence-corrected chi connectivity index (χ3v) is 11.6. The standard InChI is InChI=1S/C24H38ClF2NO6S/c1-33-23-11-17(7-8-21(23)27)35(31,32)28-12-15(24(29)30)9-14-5-6-16(10-22(14)28)34-13-18-19(25)3-2-4-20(18)26/h14-23H,2-13H2,1H3,(H,29,30). The first-order chi connectivity index (χ1) is 16.6. The van der Waals surface area contributed by atoms with E-state index in [9.17, 15) is 27.1 Å². The molecule has 3 aliphatic carbocycles. The van der Waals surface area contributed by atoms with Gasteiger partial charge >= 0.3 is 5.97 Å². The van der Waals surface area contributed by atoms with E-state index < -0.39 is 45.6 Å². The van der Waals surface area contributed by atoms with Gasteiger partial charge in [-0.15, -0.1) is 11.6 Å². The lowest BCUT2D eigenvalue weighted by Gasteiger charge is -2.48. The number of fused-ring (bicyclic) bond motifs is 1. The molecule has 4 rings (SSSR count). The van der Waals surface area contributed by atoms with Crippen molar-refractivity contribution >= 4 is 27.6 Å². The fourth-order valence-corrected chi connectivity index (χ4v) is 9.25. The van der Waals surface area contributed by atoms with Crippen LogP contribution in [-0.2, 0) is 24.3 Å². The number of aliphatic carboxylic acids is 1. The number of carboxylic acid groups (broad SMARTS) is 1. The van der Waals surface area contributed by atoms with Crippen LogP contribution < -0.4 is 0 Å². The van der Waals surface area contributed by atoms with Crippen LogP contribution in [0.3, 0.4) is 0 Å². The summed E-state index contributed by atoms with van der Waals surface area (Å²) in [6.07, 6.45) is 1.34. The van der Waals surface area contributed by atoms with Gasteiger partial charge in [0.15, 0.2) is 0 Å². The predicted octanol–water partition coefficient (Wildman–Crippen LogP) is 3.93. The number of methoxy groups -OCH3 is 1. The topological polar surface area (TPSA) is 93.1 Å². The van der Waals surface area contributed by atoms with Gasteiger partial charge in [-0.1, -0.05) is 0 Å². The van der Waals surface area contributed by atoms with Crippen LogP contribution in [-0.4, -0.2) is 85.3 Å². The van der Waals surface area contributed by atoms with Crippen molar-refractivity contribution in [2.45, 2.75) is 105 Å². The lowest BCUT2D eigenvalue weighted by atomic mass is 9.75. The maximum absolute atomic E-state index is 14.4. The first-order valence-electron chi connectivity index (χ1n) is 12.9. The van der Waals surface area contributed by atoms with Gasteiger partial charge in [-0.3, -0.25) is 4.79 Å². The number of alkyl halides is 3. The molecule has 0 aromatic rings. The number of nitrogens with zero attached hydrogens (tertiary/aromatic N) is 1. The molecule has 1 aliphatic heterocycles. The molecule has 1 saturated heterocycles. The molecule has 35 heavy (non-hydrogen) atoms. The highest BCUT2D eigenvalue weighted by molar-refractivity contribution is 7.89. The van der Waals surface area contributed by atoms with Gasteiger partial charge in [0.1, 0.15) is 12.3 Å². The number of hydrogen-bond acceptors (Lipinski definition) is 5. The van der Waals surface area contributed by atoms with Crippen molar-refractivity contribution in [1.29, 1.82) is 0 Å². The third-order valence-electron chi connectivity index (χ3n) is 8.74. The summed E-state index contributed by atoms with van der Waals surface area (Å²) >= 11 is 6.35. The molecule has 1 N–H and O–H groups in total. The Morgan fingerprint density at radius 3 is 2.51 bits per heavy atom. The van der Waals surface area contributed by atoms with Gasteiger partial charge in [0, 0.05) is 31.0 Å². The maximum atomic E-state index is 14.4. The molecule has 0 bridgehead atoms. The largest absolute Gasteiger partial charge is 0.481 e. The Morgan fingerprint density at radius 1 is 1.06 bits per heavy atom. The van der Waals surface area contributed by atoms with E-state index in [1.165, 1.54) is 11.4 Å². The number of sulfonamides is 1. The predicted molar refractivity (Wildman–Crippen MR) is 127 cm³/mol. The summed E-state index contributed by atoms with van der Waals surface area (Å²) in [6.45, 7) is 0.121. The van der Waals surface area contributed by atoms with Crippen molar-refractivity contribution in [3.8, 4) is 0 Å². The number of carboxylic acids is 1. The number of hydrogen-bond donors (Lipinski definition) is 1. The molecule has 1 heterocycles. The van der Waals surface area contributed by atoms with Crippen LogP contribution >= 0.6 is 11.6 Å². The Morgan fingerprint density at radius 2 is 1.83 bits per heavy atom. The van der Waals surface area contributed by atoms with E-state index in [0.29, 0.717) is 32.1 Å². The van der Waals surface area contributed by atoms with E-state index in [-0.39, 0.29) is 61.8 Å². The summed E-state index contributed by atoms with van der Waals surface area (Å²) in [4.78, 5) is 11.9. The second-order valence-electron chi connectivity index (χ2n) is 10.8. The second-order valence-corrected chi connectivity index (χ2v) is 13.6. The molecule has 11 heteroatoms. The monoisotopic (exact) mass is 541 g/mol. The van der Waals surface area contributed by atoms with Gasteiger partial charge in [-0.25, -0.2) is 17.2 Å². The van der Waals surface area contributed by atoms with Crippen molar-refractivity contribution in [3.63, 3.8) is 0 Å². The lowest BCUT2D eigenvalue weighted by Crippen LogP contribution is -2.58. The van der Waals surface area contributed by atoms with Crippen LogP contribution in [0.5, 0.6) is 0 Å². The van der Waals surface area contributed by atoms with E-state index in [4.69, 9.17) is 21.1 Å². The smallest absolute Gasteiger partial charge is 0.307 e. The maximum Gasteiger partial charge on any atom is 0.307 e. The first kappa shape index (κ1) is 27.5. The van der Waals surface area contributed by atoms with Gasteiger partial charge < -0.3 is 14.6 Å². The van der Waals surface area contributed by atoms with Gasteiger partial charge in [0.05, 0.1) is 30.0 Å². The molecule has 0 aromatic heterocycles. The van der Waals surface area contributed by atoms with Crippen molar-refractivity contribution in [2.24, 2.45) is 17.8 Å². The Balaban J connectivity index is 1.48. The number of rotatable bonds is 7. The SMILES string of the molecule is COC1CC(S(=O)(=O)N2CC(C(=O)O)CC3CCC(OCC4C(F)CCCC4Cl)CC32)CCC1F. The van der Waals surface area contributed by atoms with Gasteiger partial charge in [-0.05, 0) is 70.1 Å². The Hall–Kier alpha value is -0.550. The Labute approximate surface area is 211 Å². The number of ether oxygens (including phenoxy) is 2. The summed E-state index contributed by atoms with van der Waals surface area (Å²) in [5.41, 5.74) is 0. The molecule has 10 atom stereocenters. The minimum absolute atomic E-state index is 0.0578. The van der Waals surface area contributed by atoms with Crippen molar-refractivity contribution < 1.29 is 36.6 Å². The van der Waals surface area contributed by atoms with Crippen molar-refractivity contribution in [1.82, 2.24) is 4.31 Å². The molecule has 7 nitrogen and oxygen atoms in total. The van der Waals surface area contributed by atoms with Crippen LogP contribution in [0.1, 0.15) is 64.2 Å². The summed E-state index contributed by atoms with van der Waals surface area (Å²) in [6, 6.07) is -0.377. The normalized spacial score (nSPS) is 43.4. The molecule has 0 amide bonds. The molecular weight excluding hydrogens is 504 g/mol. The van der Waals surface area contributed by atoms with Crippen LogP contribution in [0.4, 0.5) is 8.78 Å². The van der Waals surface area contributed by atoms with E-state index >= 15 is 0 Å². The zero-order chi connectivity index (χ0) is 25.3. The Bertz CT molecular complexity index is 840. The fraction of sp³-hybridized carbons (Fsp3) is 0.958. The molecule has 202 valence electrons. The highest BCUT2D eigenvalue weighted by Gasteiger charge is 2.50. The van der Waals surface area contributed by atoms with E-state index in [0.717, 1.165) is 12.8 Å². The summed E-state index contributed by atoms with van der Waals surface area (Å²) in [5, 5.41) is 8.63. The summed E-state index contributed by atoms with van der Waals surface area (Å²) < 4.78 is 68.8. The van der Waals surface area contributed by atoms with Crippen LogP contribution in [0.2, 0.25) is 0 Å². The fourth-order valence-electron chi connectivity index (χ4n) is 6.60. The molecular formula is C24H38ClF2NO6S. The number of halogens is 3. The minimum atomic E-state index is -3.88. The first-order valence-corrected chi connectivity index (χ1v) is 14.9. The summed E-state index contributed by atoms with van der Waals surface area (Å²) in [5.74, 6) is -2.22. The quantitative estimate of drug-likeness (QED) is 0.491. The van der Waals surface area contributed by atoms with Crippen LogP contribution in [0, 0.1) is 17.8 Å². The second kappa shape index (κ2) is 11.5. The van der Waals surface area contributed by atoms with Gasteiger partial charge in [0.2, 0.25) is 10.0 Å². The van der Waals surface area contributed by atoms with E-state index in [1.54, 1.807) is 0 Å². The highest BCUT2D eigenvalue weighted by atomic mass is 35.5. The van der Waals surface area contributed by atoms with Crippen LogP contribution in [0.25, 0.3) is 0 Å². The third kappa shape index (κ3) is 5.97. The minimum Gasteiger partial charge on any atom is -0.481 e. The van der Waals surface area contributed by atoms with Gasteiger partial charge in [-0.2, -0.15) is 4.31 Å². The molecule has 10 unspecified atom stereocenters. The van der Waals surface area contributed by atoms with Crippen LogP contribution in [0.15, 0.2) is 0 Å². The average Bonchev–Trinajstić information content (AvgIpc) is 2.83. The molecule has 3 saturated carbocycles. The molecule has 4 aliphatic rings. The molecule has 4 fully saturated rings. The van der Waals surface area contributed by atoms with E-state index in [1.807, 2.05) is 0 Å². The van der Waals surface area contributed by atoms with E-state index in [2.05, 4.69) is 0 Å². The zero-order valence-electron chi connectivity index (χ0n) is 20.2. The molecule has 0 aromatic carbocycles. The zero-order valence-corrected chi connectivity index (χ0v) is 21.8. The molecule has 0 radical (unpaired) electrons.